The summed E-state index contributed by atoms with van der Waals surface area (Å²) in [7, 11) is 1.77. The fourth-order valence-corrected chi connectivity index (χ4v) is 2.30. The second-order valence-corrected chi connectivity index (χ2v) is 4.63. The summed E-state index contributed by atoms with van der Waals surface area (Å²) in [5.41, 5.74) is 0.220. The van der Waals surface area contributed by atoms with Crippen LogP contribution in [-0.2, 0) is 4.74 Å². The van der Waals surface area contributed by atoms with Crippen LogP contribution in [-0.4, -0.2) is 43.3 Å². The van der Waals surface area contributed by atoms with Crippen molar-refractivity contribution in [3.63, 3.8) is 0 Å². The van der Waals surface area contributed by atoms with Crippen molar-refractivity contribution in [1.82, 2.24) is 15.3 Å². The Balaban J connectivity index is 1.93. The van der Waals surface area contributed by atoms with Crippen molar-refractivity contribution in [3.8, 4) is 0 Å². The minimum atomic E-state index is 0.220. The van der Waals surface area contributed by atoms with Gasteiger partial charge in [-0.25, -0.2) is 4.98 Å². The molecule has 0 spiro atoms. The van der Waals surface area contributed by atoms with Gasteiger partial charge in [0, 0.05) is 31.5 Å². The van der Waals surface area contributed by atoms with Crippen LogP contribution in [0.2, 0.25) is 0 Å². The number of ether oxygens (including phenoxy) is 1. The molecular weight excluding hydrogens is 216 g/mol. The van der Waals surface area contributed by atoms with Gasteiger partial charge in [0.15, 0.2) is 0 Å². The summed E-state index contributed by atoms with van der Waals surface area (Å²) in [5.74, 6) is 0.835. The number of rotatable bonds is 5. The minimum Gasteiger partial charge on any atom is -0.384 e. The van der Waals surface area contributed by atoms with Crippen LogP contribution >= 0.6 is 0 Å². The van der Waals surface area contributed by atoms with E-state index in [1.165, 1.54) is 0 Å². The maximum absolute atomic E-state index is 5.37. The van der Waals surface area contributed by atoms with E-state index in [2.05, 4.69) is 20.6 Å². The normalized spacial score (nSPS) is 18.9. The highest BCUT2D eigenvalue weighted by Gasteiger charge is 2.31. The first-order chi connectivity index (χ1) is 8.35. The lowest BCUT2D eigenvalue weighted by Crippen LogP contribution is -2.44. The van der Waals surface area contributed by atoms with Crippen LogP contribution < -0.4 is 10.6 Å². The highest BCUT2D eigenvalue weighted by Crippen LogP contribution is 2.29. The van der Waals surface area contributed by atoms with Gasteiger partial charge in [-0.2, -0.15) is 0 Å². The van der Waals surface area contributed by atoms with E-state index in [9.17, 15) is 0 Å². The molecule has 0 atom stereocenters. The SMILES string of the molecule is COCC1(CNc2cnccn2)CCNCC1. The minimum absolute atomic E-state index is 0.220. The van der Waals surface area contributed by atoms with E-state index in [1.54, 1.807) is 25.7 Å². The third-order valence-corrected chi connectivity index (χ3v) is 3.32. The number of hydrogen-bond acceptors (Lipinski definition) is 5. The molecule has 0 aromatic carbocycles. The van der Waals surface area contributed by atoms with E-state index in [4.69, 9.17) is 4.74 Å². The van der Waals surface area contributed by atoms with Gasteiger partial charge in [-0.3, -0.25) is 4.98 Å². The molecule has 0 radical (unpaired) electrons. The topological polar surface area (TPSA) is 59.1 Å². The summed E-state index contributed by atoms with van der Waals surface area (Å²) >= 11 is 0. The number of piperidine rings is 1. The Kier molecular flexibility index (Phi) is 4.28. The van der Waals surface area contributed by atoms with E-state index >= 15 is 0 Å². The molecule has 0 saturated carbocycles. The van der Waals surface area contributed by atoms with Crippen molar-refractivity contribution >= 4 is 5.82 Å². The summed E-state index contributed by atoms with van der Waals surface area (Å²) in [6.07, 6.45) is 7.40. The number of anilines is 1. The summed E-state index contributed by atoms with van der Waals surface area (Å²) < 4.78 is 5.37. The molecule has 1 aliphatic heterocycles. The molecule has 1 aromatic rings. The van der Waals surface area contributed by atoms with E-state index < -0.39 is 0 Å². The van der Waals surface area contributed by atoms with Gasteiger partial charge in [-0.05, 0) is 25.9 Å². The molecule has 1 saturated heterocycles. The van der Waals surface area contributed by atoms with Gasteiger partial charge in [0.2, 0.25) is 0 Å². The zero-order chi connectivity index (χ0) is 12.0. The number of aromatic nitrogens is 2. The molecule has 0 unspecified atom stereocenters. The van der Waals surface area contributed by atoms with Gasteiger partial charge in [0.05, 0.1) is 12.8 Å². The zero-order valence-electron chi connectivity index (χ0n) is 10.3. The van der Waals surface area contributed by atoms with Crippen molar-refractivity contribution in [2.45, 2.75) is 12.8 Å². The summed E-state index contributed by atoms with van der Waals surface area (Å²) in [5, 5.41) is 6.74. The summed E-state index contributed by atoms with van der Waals surface area (Å²) in [4.78, 5) is 8.27. The Morgan fingerprint density at radius 3 is 2.88 bits per heavy atom. The smallest absolute Gasteiger partial charge is 0.144 e. The lowest BCUT2D eigenvalue weighted by molar-refractivity contribution is 0.0635. The predicted molar refractivity (Wildman–Crippen MR) is 66.9 cm³/mol. The number of hydrogen-bond donors (Lipinski definition) is 2. The molecule has 2 N–H and O–H groups in total. The van der Waals surface area contributed by atoms with Gasteiger partial charge < -0.3 is 15.4 Å². The van der Waals surface area contributed by atoms with Crippen LogP contribution in [0.5, 0.6) is 0 Å². The van der Waals surface area contributed by atoms with Crippen molar-refractivity contribution in [2.75, 3.05) is 38.7 Å². The molecule has 5 nitrogen and oxygen atoms in total. The van der Waals surface area contributed by atoms with Crippen LogP contribution in [0.15, 0.2) is 18.6 Å². The fourth-order valence-electron chi connectivity index (χ4n) is 2.30. The molecule has 2 heterocycles. The van der Waals surface area contributed by atoms with E-state index in [0.717, 1.165) is 44.9 Å². The quantitative estimate of drug-likeness (QED) is 0.795. The number of nitrogens with zero attached hydrogens (tertiary/aromatic N) is 2. The Hall–Kier alpha value is -1.20. The molecule has 1 aliphatic rings. The predicted octanol–water partition coefficient (Wildman–Crippen LogP) is 0.905. The van der Waals surface area contributed by atoms with Crippen LogP contribution in [0.25, 0.3) is 0 Å². The van der Waals surface area contributed by atoms with Crippen LogP contribution in [0.3, 0.4) is 0 Å². The molecule has 94 valence electrons. The van der Waals surface area contributed by atoms with Crippen LogP contribution in [0.1, 0.15) is 12.8 Å². The second-order valence-electron chi connectivity index (χ2n) is 4.63. The first-order valence-corrected chi connectivity index (χ1v) is 6.04. The highest BCUT2D eigenvalue weighted by molar-refractivity contribution is 5.30. The lowest BCUT2D eigenvalue weighted by atomic mass is 9.79. The Morgan fingerprint density at radius 2 is 2.24 bits per heavy atom. The second kappa shape index (κ2) is 5.93. The Labute approximate surface area is 102 Å². The summed E-state index contributed by atoms with van der Waals surface area (Å²) in [6.45, 7) is 3.81. The number of methoxy groups -OCH3 is 1. The van der Waals surface area contributed by atoms with E-state index in [1.807, 2.05) is 0 Å². The third-order valence-electron chi connectivity index (χ3n) is 3.32. The van der Waals surface area contributed by atoms with Gasteiger partial charge in [-0.15, -0.1) is 0 Å². The fraction of sp³-hybridized carbons (Fsp3) is 0.667. The van der Waals surface area contributed by atoms with Crippen LogP contribution in [0, 0.1) is 5.41 Å². The largest absolute Gasteiger partial charge is 0.384 e. The van der Waals surface area contributed by atoms with Crippen molar-refractivity contribution < 1.29 is 4.74 Å². The molecule has 5 heteroatoms. The van der Waals surface area contributed by atoms with Gasteiger partial charge in [-0.1, -0.05) is 0 Å². The average Bonchev–Trinajstić information content (AvgIpc) is 2.39. The zero-order valence-corrected chi connectivity index (χ0v) is 10.3. The van der Waals surface area contributed by atoms with Gasteiger partial charge >= 0.3 is 0 Å². The maximum Gasteiger partial charge on any atom is 0.144 e. The van der Waals surface area contributed by atoms with Crippen molar-refractivity contribution in [2.24, 2.45) is 5.41 Å². The molecule has 1 aromatic heterocycles. The average molecular weight is 236 g/mol. The first kappa shape index (κ1) is 12.3. The molecule has 17 heavy (non-hydrogen) atoms. The summed E-state index contributed by atoms with van der Waals surface area (Å²) in [6, 6.07) is 0. The molecule has 0 amide bonds. The lowest BCUT2D eigenvalue weighted by Gasteiger charge is -2.37. The van der Waals surface area contributed by atoms with Gasteiger partial charge in [0.1, 0.15) is 5.82 Å². The molecule has 0 bridgehead atoms. The standard InChI is InChI=1S/C12H20N4O/c1-17-10-12(2-4-13-5-3-12)9-16-11-8-14-6-7-15-11/h6-8,13H,2-5,9-10H2,1H3,(H,15,16). The van der Waals surface area contributed by atoms with Crippen molar-refractivity contribution in [3.05, 3.63) is 18.6 Å². The molecule has 0 aliphatic carbocycles. The van der Waals surface area contributed by atoms with Gasteiger partial charge in [0.25, 0.3) is 0 Å². The first-order valence-electron chi connectivity index (χ1n) is 6.04. The maximum atomic E-state index is 5.37. The van der Waals surface area contributed by atoms with E-state index in [-0.39, 0.29) is 5.41 Å². The number of nitrogens with one attached hydrogen (secondary N) is 2. The Morgan fingerprint density at radius 1 is 1.41 bits per heavy atom. The highest BCUT2D eigenvalue weighted by atomic mass is 16.5. The Bertz CT molecular complexity index is 319. The third kappa shape index (κ3) is 3.38. The van der Waals surface area contributed by atoms with E-state index in [0.29, 0.717) is 0 Å². The monoisotopic (exact) mass is 236 g/mol. The van der Waals surface area contributed by atoms with Crippen LogP contribution in [0.4, 0.5) is 5.82 Å². The van der Waals surface area contributed by atoms with Crippen molar-refractivity contribution in [1.29, 1.82) is 0 Å². The molecule has 2 rings (SSSR count). The molecule has 1 fully saturated rings. The molecular formula is C12H20N4O.